The summed E-state index contributed by atoms with van der Waals surface area (Å²) in [5, 5.41) is 11.5. The normalized spacial score (nSPS) is 25.4. The number of hydrogen-bond acceptors (Lipinski definition) is 5. The number of halogens is 3. The van der Waals surface area contributed by atoms with E-state index in [1.165, 1.54) is 21.5 Å². The molecule has 3 aliphatic rings. The molecule has 1 aliphatic carbocycles. The lowest BCUT2D eigenvalue weighted by atomic mass is 9.64. The zero-order chi connectivity index (χ0) is 31.8. The van der Waals surface area contributed by atoms with Gasteiger partial charge in [-0.15, -0.1) is 29.8 Å². The van der Waals surface area contributed by atoms with E-state index in [1.807, 2.05) is 0 Å². The van der Waals surface area contributed by atoms with Crippen LogP contribution in [0.5, 0.6) is 5.75 Å². The van der Waals surface area contributed by atoms with E-state index in [4.69, 9.17) is 23.2 Å². The Labute approximate surface area is 265 Å². The first-order valence-electron chi connectivity index (χ1n) is 14.2. The van der Waals surface area contributed by atoms with Crippen LogP contribution in [0.2, 0.25) is 0 Å². The molecular formula is C33H25Cl2FN4O5. The summed E-state index contributed by atoms with van der Waals surface area (Å²) in [7, 11) is 0. The van der Waals surface area contributed by atoms with E-state index in [0.29, 0.717) is 23.2 Å². The molecule has 3 heterocycles. The number of fused-ring (bicyclic) bond motifs is 4. The summed E-state index contributed by atoms with van der Waals surface area (Å²) >= 11 is 14.7. The van der Waals surface area contributed by atoms with Crippen molar-refractivity contribution in [3.63, 3.8) is 0 Å². The van der Waals surface area contributed by atoms with Gasteiger partial charge >= 0.3 is 11.4 Å². The van der Waals surface area contributed by atoms with Crippen molar-refractivity contribution in [3.05, 3.63) is 135 Å². The molecule has 0 spiro atoms. The number of phenols is 1. The second-order valence-corrected chi connectivity index (χ2v) is 12.5. The number of phenolic OH excluding ortho intramolecular Hbond substituents is 1. The Bertz CT molecular complexity index is 2070. The number of hydrogen-bond donors (Lipinski definition) is 1. The quantitative estimate of drug-likeness (QED) is 0.194. The maximum Gasteiger partial charge on any atom is 0.352 e. The summed E-state index contributed by atoms with van der Waals surface area (Å²) in [5.74, 6) is -3.67. The number of rotatable bonds is 5. The van der Waals surface area contributed by atoms with Gasteiger partial charge in [-0.25, -0.2) is 32.8 Å². The number of imide groups is 1. The van der Waals surface area contributed by atoms with E-state index >= 15 is 0 Å². The molecule has 0 unspecified atom stereocenters. The van der Waals surface area contributed by atoms with Crippen LogP contribution < -0.4 is 16.3 Å². The first-order valence-corrected chi connectivity index (χ1v) is 14.9. The molecule has 0 radical (unpaired) electrons. The number of carbonyl (C=O) groups excluding carboxylic acids is 2. The highest BCUT2D eigenvalue weighted by molar-refractivity contribution is 6.58. The molecule has 0 bridgehead atoms. The smallest absolute Gasteiger partial charge is 0.352 e. The first kappa shape index (κ1) is 29.1. The van der Waals surface area contributed by atoms with E-state index in [9.17, 15) is 28.7 Å². The Morgan fingerprint density at radius 1 is 0.911 bits per heavy atom. The van der Waals surface area contributed by atoms with Crippen LogP contribution in [-0.2, 0) is 22.6 Å². The highest BCUT2D eigenvalue weighted by Gasteiger charge is 2.76. The van der Waals surface area contributed by atoms with Crippen LogP contribution in [0.1, 0.15) is 29.5 Å². The molecule has 1 saturated heterocycles. The van der Waals surface area contributed by atoms with Crippen molar-refractivity contribution >= 4 is 40.7 Å². The summed E-state index contributed by atoms with van der Waals surface area (Å²) in [5.41, 5.74) is 0.318. The zero-order valence-corrected chi connectivity index (χ0v) is 25.1. The molecule has 7 rings (SSSR count). The van der Waals surface area contributed by atoms with Crippen molar-refractivity contribution in [3.8, 4) is 11.4 Å². The molecule has 1 saturated carbocycles. The average molecular weight is 647 g/mol. The summed E-state index contributed by atoms with van der Waals surface area (Å²) in [6.45, 7) is 3.70. The summed E-state index contributed by atoms with van der Waals surface area (Å²) < 4.78 is 17.4. The van der Waals surface area contributed by atoms with Gasteiger partial charge < -0.3 is 5.11 Å². The molecule has 3 aromatic carbocycles. The van der Waals surface area contributed by atoms with Gasteiger partial charge in [-0.05, 0) is 54.0 Å². The Kier molecular flexibility index (Phi) is 6.58. The topological polar surface area (TPSA) is 107 Å². The van der Waals surface area contributed by atoms with Crippen molar-refractivity contribution in [2.24, 2.45) is 0 Å². The van der Waals surface area contributed by atoms with Gasteiger partial charge in [0, 0.05) is 17.9 Å². The number of allylic oxidation sites excluding steroid dienone is 3. The minimum absolute atomic E-state index is 0.0462. The molecule has 2 amide bonds. The lowest BCUT2D eigenvalue weighted by Crippen LogP contribution is -2.59. The van der Waals surface area contributed by atoms with E-state index in [-0.39, 0.29) is 30.0 Å². The molecule has 2 aliphatic heterocycles. The maximum atomic E-state index is 14.4. The van der Waals surface area contributed by atoms with Crippen molar-refractivity contribution < 1.29 is 19.1 Å². The third kappa shape index (κ3) is 3.85. The molecule has 2 fully saturated rings. The van der Waals surface area contributed by atoms with Crippen molar-refractivity contribution in [2.45, 2.75) is 41.1 Å². The van der Waals surface area contributed by atoms with Crippen LogP contribution in [0.3, 0.4) is 0 Å². The van der Waals surface area contributed by atoms with E-state index < -0.39 is 50.7 Å². The minimum atomic E-state index is -2.18. The molecule has 4 aromatic rings. The third-order valence-corrected chi connectivity index (χ3v) is 10.4. The summed E-state index contributed by atoms with van der Waals surface area (Å²) in [6.07, 6.45) is 3.28. The van der Waals surface area contributed by atoms with E-state index in [1.54, 1.807) is 60.7 Å². The molecule has 1 N–H and O–H groups in total. The van der Waals surface area contributed by atoms with Crippen LogP contribution in [0, 0.1) is 5.82 Å². The van der Waals surface area contributed by atoms with Gasteiger partial charge in [0.2, 0.25) is 0 Å². The van der Waals surface area contributed by atoms with Crippen molar-refractivity contribution in [1.29, 1.82) is 0 Å². The number of benzene rings is 3. The molecule has 45 heavy (non-hydrogen) atoms. The standard InChI is InChI=1S/C33H25Cl2FN4O5/c1-2-7-19-8-6-11-24(27(19)41)26-23-16-17-37-30(44)39(21-9-4-3-5-10-21)31(45)40(37)25(23)18-32(34)28(42)38(29(43)33(26,32)35)22-14-12-20(36)13-15-22/h2-6,8-16,25-26,41H,1,7,17-18H2/t25-,26-,32-,33+/m1/s1. The number of para-hydroxylation sites is 2. The average Bonchev–Trinajstić information content (AvgIpc) is 3.37. The minimum Gasteiger partial charge on any atom is -0.507 e. The SMILES string of the molecule is C=CCc1cccc([C@H]2C3=CCn4c(=O)n(-c5ccccc5)c(=O)n4[C@@H]3C[C@@]3(Cl)C(=O)N(c4ccc(F)cc4)C(=O)[C@@]23Cl)c1O. The summed E-state index contributed by atoms with van der Waals surface area (Å²) in [4.78, 5) is 52.9. The van der Waals surface area contributed by atoms with Gasteiger partial charge in [0.25, 0.3) is 11.8 Å². The number of aromatic nitrogens is 3. The molecule has 12 heteroatoms. The first-order chi connectivity index (χ1) is 21.5. The Hall–Kier alpha value is -4.67. The van der Waals surface area contributed by atoms with Crippen LogP contribution >= 0.6 is 23.2 Å². The molecular weight excluding hydrogens is 622 g/mol. The fourth-order valence-corrected chi connectivity index (χ4v) is 7.88. The monoisotopic (exact) mass is 646 g/mol. The highest BCUT2D eigenvalue weighted by Crippen LogP contribution is 2.64. The van der Waals surface area contributed by atoms with Gasteiger partial charge in [-0.1, -0.05) is 48.6 Å². The Morgan fingerprint density at radius 3 is 2.31 bits per heavy atom. The van der Waals surface area contributed by atoms with E-state index in [2.05, 4.69) is 6.58 Å². The molecule has 1 aromatic heterocycles. The zero-order valence-electron chi connectivity index (χ0n) is 23.6. The van der Waals surface area contributed by atoms with Crippen LogP contribution in [-0.4, -0.2) is 40.6 Å². The largest absolute Gasteiger partial charge is 0.507 e. The van der Waals surface area contributed by atoms with Gasteiger partial charge in [0.15, 0.2) is 9.75 Å². The Balaban J connectivity index is 1.49. The van der Waals surface area contributed by atoms with Crippen LogP contribution in [0.4, 0.5) is 10.1 Å². The molecule has 9 nitrogen and oxygen atoms in total. The van der Waals surface area contributed by atoms with Crippen molar-refractivity contribution in [1.82, 2.24) is 13.9 Å². The van der Waals surface area contributed by atoms with Crippen molar-refractivity contribution in [2.75, 3.05) is 4.90 Å². The van der Waals surface area contributed by atoms with Crippen LogP contribution in [0.15, 0.2) is 107 Å². The van der Waals surface area contributed by atoms with E-state index in [0.717, 1.165) is 21.6 Å². The lowest BCUT2D eigenvalue weighted by Gasteiger charge is -2.49. The van der Waals surface area contributed by atoms with Crippen LogP contribution in [0.25, 0.3) is 5.69 Å². The number of nitrogens with zero attached hydrogens (tertiary/aromatic N) is 4. The maximum absolute atomic E-state index is 14.4. The van der Waals surface area contributed by atoms with Gasteiger partial charge in [-0.2, -0.15) is 0 Å². The summed E-state index contributed by atoms with van der Waals surface area (Å²) in [6, 6.07) is 17.1. The van der Waals surface area contributed by atoms with Gasteiger partial charge in [0.1, 0.15) is 11.6 Å². The number of alkyl halides is 2. The second kappa shape index (κ2) is 10.2. The fourth-order valence-electron chi connectivity index (χ4n) is 6.97. The number of aromatic hydroxyl groups is 1. The lowest BCUT2D eigenvalue weighted by molar-refractivity contribution is -0.122. The third-order valence-electron chi connectivity index (χ3n) is 9.00. The van der Waals surface area contributed by atoms with Gasteiger partial charge in [-0.3, -0.25) is 9.59 Å². The van der Waals surface area contributed by atoms with Gasteiger partial charge in [0.05, 0.1) is 24.0 Å². The number of amides is 2. The number of anilines is 1. The molecule has 228 valence electrons. The molecule has 4 atom stereocenters. The highest BCUT2D eigenvalue weighted by atomic mass is 35.5. The predicted molar refractivity (Wildman–Crippen MR) is 167 cm³/mol. The number of carbonyl (C=O) groups is 2. The fraction of sp³-hybridized carbons (Fsp3) is 0.212. The predicted octanol–water partition coefficient (Wildman–Crippen LogP) is 4.57. The second-order valence-electron chi connectivity index (χ2n) is 11.3. The Morgan fingerprint density at radius 2 is 1.62 bits per heavy atom.